The molecule has 0 aromatic heterocycles. The predicted molar refractivity (Wildman–Crippen MR) is 88.2 cm³/mol. The Balaban J connectivity index is 3.54. The molecule has 1 aromatic rings. The van der Waals surface area contributed by atoms with Crippen molar-refractivity contribution in [1.82, 2.24) is 0 Å². The second-order valence-corrected chi connectivity index (χ2v) is 5.22. The lowest BCUT2D eigenvalue weighted by molar-refractivity contribution is 1.11. The van der Waals surface area contributed by atoms with Crippen LogP contribution in [0.3, 0.4) is 0 Å². The number of hydrogen-bond acceptors (Lipinski definition) is 1. The van der Waals surface area contributed by atoms with Gasteiger partial charge in [-0.25, -0.2) is 0 Å². The average molecular weight is 255 g/mol. The Morgan fingerprint density at radius 2 is 1.95 bits per heavy atom. The van der Waals surface area contributed by atoms with Crippen LogP contribution in [-0.4, -0.2) is 0 Å². The fourth-order valence-corrected chi connectivity index (χ4v) is 2.37. The first-order chi connectivity index (χ1) is 8.92. The number of allylic oxidation sites excluding steroid dienone is 3. The van der Waals surface area contributed by atoms with E-state index in [-0.39, 0.29) is 0 Å². The fraction of sp³-hybridized carbons (Fsp3) is 0.333. The van der Waals surface area contributed by atoms with Crippen molar-refractivity contribution in [3.05, 3.63) is 53.1 Å². The van der Waals surface area contributed by atoms with Crippen LogP contribution in [0.5, 0.6) is 0 Å². The second kappa shape index (κ2) is 6.42. The zero-order valence-electron chi connectivity index (χ0n) is 12.6. The molecule has 0 saturated heterocycles. The molecule has 1 rings (SSSR count). The van der Waals surface area contributed by atoms with Gasteiger partial charge in [-0.3, -0.25) is 0 Å². The third-order valence-electron chi connectivity index (χ3n) is 3.32. The molecule has 1 aromatic carbocycles. The molecule has 0 saturated carbocycles. The maximum atomic E-state index is 6.22. The normalized spacial score (nSPS) is 10.1. The number of hydrogen-bond donors (Lipinski definition) is 1. The van der Waals surface area contributed by atoms with E-state index in [9.17, 15) is 0 Å². The van der Waals surface area contributed by atoms with Crippen LogP contribution in [0.25, 0.3) is 11.6 Å². The molecule has 0 radical (unpaired) electrons. The molecule has 1 heteroatoms. The summed E-state index contributed by atoms with van der Waals surface area (Å²) in [5.74, 6) is 0. The molecule has 0 aliphatic rings. The Bertz CT molecular complexity index is 529. The van der Waals surface area contributed by atoms with E-state index >= 15 is 0 Å². The van der Waals surface area contributed by atoms with Crippen molar-refractivity contribution < 1.29 is 0 Å². The number of aryl methyl sites for hydroxylation is 1. The lowest BCUT2D eigenvalue weighted by Crippen LogP contribution is -2.04. The van der Waals surface area contributed by atoms with Gasteiger partial charge in [0.2, 0.25) is 0 Å². The van der Waals surface area contributed by atoms with E-state index in [2.05, 4.69) is 46.1 Å². The van der Waals surface area contributed by atoms with Crippen LogP contribution in [0.1, 0.15) is 49.9 Å². The van der Waals surface area contributed by atoms with E-state index < -0.39 is 0 Å². The molecule has 1 nitrogen and oxygen atoms in total. The molecular formula is C18H25N. The Morgan fingerprint density at radius 1 is 1.32 bits per heavy atom. The van der Waals surface area contributed by atoms with Crippen molar-refractivity contribution in [3.63, 3.8) is 0 Å². The van der Waals surface area contributed by atoms with E-state index in [0.717, 1.165) is 35.2 Å². The van der Waals surface area contributed by atoms with Gasteiger partial charge in [0.05, 0.1) is 0 Å². The number of nitrogen functional groups attached to an aromatic ring is 1. The van der Waals surface area contributed by atoms with Crippen LogP contribution in [0.4, 0.5) is 5.69 Å². The van der Waals surface area contributed by atoms with Crippen LogP contribution in [-0.2, 0) is 12.8 Å². The Hall–Kier alpha value is -1.76. The van der Waals surface area contributed by atoms with Gasteiger partial charge in [0, 0.05) is 5.69 Å². The van der Waals surface area contributed by atoms with Gasteiger partial charge in [0.25, 0.3) is 0 Å². The van der Waals surface area contributed by atoms with Gasteiger partial charge in [0.1, 0.15) is 0 Å². The van der Waals surface area contributed by atoms with Gasteiger partial charge >= 0.3 is 0 Å². The van der Waals surface area contributed by atoms with E-state index in [1.807, 2.05) is 13.0 Å². The summed E-state index contributed by atoms with van der Waals surface area (Å²) >= 11 is 0. The zero-order valence-corrected chi connectivity index (χ0v) is 12.6. The van der Waals surface area contributed by atoms with E-state index in [0.29, 0.717) is 0 Å². The highest BCUT2D eigenvalue weighted by atomic mass is 14.6. The molecule has 0 fully saturated rings. The first kappa shape index (κ1) is 15.3. The van der Waals surface area contributed by atoms with Crippen molar-refractivity contribution >= 4 is 17.3 Å². The van der Waals surface area contributed by atoms with Gasteiger partial charge in [-0.2, -0.15) is 0 Å². The van der Waals surface area contributed by atoms with Gasteiger partial charge in [-0.05, 0) is 61.9 Å². The fourth-order valence-electron chi connectivity index (χ4n) is 2.37. The van der Waals surface area contributed by atoms with Crippen LogP contribution >= 0.6 is 0 Å². The molecule has 2 N–H and O–H groups in total. The van der Waals surface area contributed by atoms with Crippen molar-refractivity contribution in [2.45, 2.75) is 40.5 Å². The molecule has 0 spiro atoms. The van der Waals surface area contributed by atoms with Crippen LogP contribution in [0.15, 0.2) is 30.9 Å². The minimum absolute atomic E-state index is 0.847. The van der Waals surface area contributed by atoms with Gasteiger partial charge in [-0.15, -0.1) is 0 Å². The number of nitrogens with two attached hydrogens (primary N) is 1. The third kappa shape index (κ3) is 3.37. The first-order valence-corrected chi connectivity index (χ1v) is 6.78. The average Bonchev–Trinajstić information content (AvgIpc) is 2.35. The standard InChI is InChI=1S/C18H25N/c1-7-14-11-17(19)16(10-9-12(3)4)15(8-2)18(14)13(5)6/h8-9,11H,2,5,7,10,19H2,1,3-4,6H3. The Kier molecular flexibility index (Phi) is 5.17. The summed E-state index contributed by atoms with van der Waals surface area (Å²) in [4.78, 5) is 0. The summed E-state index contributed by atoms with van der Waals surface area (Å²) in [5, 5.41) is 0. The maximum absolute atomic E-state index is 6.22. The SMILES string of the molecule is C=Cc1c(CC=C(C)C)c(N)cc(CC)c1C(=C)C. The second-order valence-electron chi connectivity index (χ2n) is 5.22. The first-order valence-electron chi connectivity index (χ1n) is 6.78. The molecule has 0 atom stereocenters. The predicted octanol–water partition coefficient (Wildman–Crippen LogP) is 5.02. The van der Waals surface area contributed by atoms with Gasteiger partial charge < -0.3 is 5.73 Å². The van der Waals surface area contributed by atoms with E-state index in [1.54, 1.807) is 0 Å². The number of rotatable bonds is 5. The summed E-state index contributed by atoms with van der Waals surface area (Å²) in [5.41, 5.74) is 14.2. The number of anilines is 1. The van der Waals surface area contributed by atoms with Crippen molar-refractivity contribution in [2.75, 3.05) is 5.73 Å². The largest absolute Gasteiger partial charge is 0.398 e. The van der Waals surface area contributed by atoms with Crippen molar-refractivity contribution in [2.24, 2.45) is 0 Å². The minimum Gasteiger partial charge on any atom is -0.398 e. The zero-order chi connectivity index (χ0) is 14.6. The van der Waals surface area contributed by atoms with Crippen LogP contribution in [0, 0.1) is 0 Å². The maximum Gasteiger partial charge on any atom is 0.0358 e. The molecule has 0 amide bonds. The molecule has 0 bridgehead atoms. The highest BCUT2D eigenvalue weighted by molar-refractivity contribution is 5.79. The lowest BCUT2D eigenvalue weighted by atomic mass is 9.88. The van der Waals surface area contributed by atoms with Crippen molar-refractivity contribution in [1.29, 1.82) is 0 Å². The van der Waals surface area contributed by atoms with Gasteiger partial charge in [-0.1, -0.05) is 43.4 Å². The third-order valence-corrected chi connectivity index (χ3v) is 3.32. The minimum atomic E-state index is 0.847. The molecule has 0 aliphatic carbocycles. The Morgan fingerprint density at radius 3 is 2.37 bits per heavy atom. The van der Waals surface area contributed by atoms with E-state index in [1.165, 1.54) is 16.7 Å². The van der Waals surface area contributed by atoms with E-state index in [4.69, 9.17) is 5.73 Å². The monoisotopic (exact) mass is 255 g/mol. The molecule has 0 aliphatic heterocycles. The highest BCUT2D eigenvalue weighted by Gasteiger charge is 2.13. The Labute approximate surface area is 117 Å². The summed E-state index contributed by atoms with van der Waals surface area (Å²) in [6, 6.07) is 2.09. The summed E-state index contributed by atoms with van der Waals surface area (Å²) in [6.07, 6.45) is 5.91. The molecule has 0 unspecified atom stereocenters. The molecule has 102 valence electrons. The summed E-state index contributed by atoms with van der Waals surface area (Å²) < 4.78 is 0. The topological polar surface area (TPSA) is 26.0 Å². The summed E-state index contributed by atoms with van der Waals surface area (Å²) in [6.45, 7) is 16.5. The quantitative estimate of drug-likeness (QED) is 0.580. The van der Waals surface area contributed by atoms with Crippen molar-refractivity contribution in [3.8, 4) is 0 Å². The number of benzene rings is 1. The van der Waals surface area contributed by atoms with Gasteiger partial charge in [0.15, 0.2) is 0 Å². The van der Waals surface area contributed by atoms with Crippen LogP contribution < -0.4 is 5.73 Å². The molecule has 0 heterocycles. The smallest absolute Gasteiger partial charge is 0.0358 e. The highest BCUT2D eigenvalue weighted by Crippen LogP contribution is 2.32. The molecule has 19 heavy (non-hydrogen) atoms. The molecular weight excluding hydrogens is 230 g/mol. The summed E-state index contributed by atoms with van der Waals surface area (Å²) in [7, 11) is 0. The lowest BCUT2D eigenvalue weighted by Gasteiger charge is -2.18. The van der Waals surface area contributed by atoms with Crippen LogP contribution in [0.2, 0.25) is 0 Å².